The fraction of sp³-hybridized carbons (Fsp3) is 0.419. The first-order chi connectivity index (χ1) is 17.0. The number of allylic oxidation sites excluding steroid dienone is 10. The molecule has 4 aliphatic carbocycles. The zero-order valence-electron chi connectivity index (χ0n) is 21.3. The molecule has 1 saturated heterocycles. The minimum atomic E-state index is -1.89. The first-order valence-electron chi connectivity index (χ1n) is 13.3. The van der Waals surface area contributed by atoms with Crippen molar-refractivity contribution < 1.29 is 4.74 Å². The molecule has 1 N–H and O–H groups in total. The van der Waals surface area contributed by atoms with Gasteiger partial charge in [0.2, 0.25) is 0 Å². The van der Waals surface area contributed by atoms with E-state index in [1.807, 2.05) is 0 Å². The molecule has 1 aromatic rings. The van der Waals surface area contributed by atoms with Crippen molar-refractivity contribution in [1.82, 2.24) is 9.88 Å². The summed E-state index contributed by atoms with van der Waals surface area (Å²) >= 11 is 0. The van der Waals surface area contributed by atoms with Crippen molar-refractivity contribution >= 4 is 13.8 Å². The van der Waals surface area contributed by atoms with Crippen LogP contribution in [0.15, 0.2) is 91.1 Å². The highest BCUT2D eigenvalue weighted by Crippen LogP contribution is 2.59. The van der Waals surface area contributed by atoms with Crippen molar-refractivity contribution in [2.24, 2.45) is 23.7 Å². The van der Waals surface area contributed by atoms with E-state index in [0.29, 0.717) is 47.5 Å². The SMILES string of the molecule is CC[C@@H]1NC2C(c3ccc(OC)cc3)=CC=C[C@H]2N1[Si](C)(C)C1C2C=CC=CC2C2C=CC=CC21. The third-order valence-electron chi connectivity index (χ3n) is 9.30. The summed E-state index contributed by atoms with van der Waals surface area (Å²) in [4.78, 5) is 0. The summed E-state index contributed by atoms with van der Waals surface area (Å²) in [5.41, 5.74) is 3.38. The summed E-state index contributed by atoms with van der Waals surface area (Å²) in [6, 6.07) is 9.29. The van der Waals surface area contributed by atoms with E-state index in [-0.39, 0.29) is 0 Å². The van der Waals surface area contributed by atoms with Gasteiger partial charge in [0.15, 0.2) is 0 Å². The molecule has 182 valence electrons. The molecule has 0 spiro atoms. The van der Waals surface area contributed by atoms with Crippen LogP contribution in [-0.4, -0.2) is 38.2 Å². The normalized spacial score (nSPS) is 37.2. The summed E-state index contributed by atoms with van der Waals surface area (Å²) in [6.45, 7) is 7.66. The second-order valence-electron chi connectivity index (χ2n) is 11.2. The Balaban J connectivity index is 1.36. The van der Waals surface area contributed by atoms with Gasteiger partial charge in [0.1, 0.15) is 14.0 Å². The number of benzene rings is 1. The number of fused-ring (bicyclic) bond motifs is 4. The Morgan fingerprint density at radius 3 is 2.00 bits per heavy atom. The van der Waals surface area contributed by atoms with Crippen molar-refractivity contribution in [3.63, 3.8) is 0 Å². The first kappa shape index (κ1) is 23.0. The van der Waals surface area contributed by atoms with Gasteiger partial charge in [-0.15, -0.1) is 0 Å². The van der Waals surface area contributed by atoms with Crippen LogP contribution in [0.1, 0.15) is 18.9 Å². The van der Waals surface area contributed by atoms with Gasteiger partial charge >= 0.3 is 0 Å². The molecule has 0 amide bonds. The summed E-state index contributed by atoms with van der Waals surface area (Å²) in [5.74, 6) is 3.43. The molecule has 0 radical (unpaired) electrons. The van der Waals surface area contributed by atoms with Crippen LogP contribution in [0.2, 0.25) is 18.6 Å². The number of hydrogen-bond donors (Lipinski definition) is 1. The van der Waals surface area contributed by atoms with Crippen molar-refractivity contribution in [3.05, 3.63) is 96.7 Å². The van der Waals surface area contributed by atoms with Crippen molar-refractivity contribution in [2.75, 3.05) is 7.11 Å². The van der Waals surface area contributed by atoms with Crippen LogP contribution >= 0.6 is 0 Å². The first-order valence-corrected chi connectivity index (χ1v) is 16.3. The topological polar surface area (TPSA) is 24.5 Å². The Morgan fingerprint density at radius 2 is 1.43 bits per heavy atom. The van der Waals surface area contributed by atoms with E-state index >= 15 is 0 Å². The fourth-order valence-corrected chi connectivity index (χ4v) is 12.9. The van der Waals surface area contributed by atoms with Gasteiger partial charge in [-0.3, -0.25) is 5.32 Å². The average Bonchev–Trinajstić information content (AvgIpc) is 3.45. The Hall–Kier alpha value is -2.40. The quantitative estimate of drug-likeness (QED) is 0.496. The molecule has 1 saturated carbocycles. The minimum Gasteiger partial charge on any atom is -0.497 e. The molecule has 1 aliphatic heterocycles. The van der Waals surface area contributed by atoms with E-state index in [0.717, 1.165) is 12.2 Å². The van der Waals surface area contributed by atoms with E-state index in [1.54, 1.807) is 7.11 Å². The predicted molar refractivity (Wildman–Crippen MR) is 148 cm³/mol. The van der Waals surface area contributed by atoms with Gasteiger partial charge in [-0.25, -0.2) is 0 Å². The van der Waals surface area contributed by atoms with Gasteiger partial charge in [0.05, 0.1) is 19.3 Å². The zero-order valence-corrected chi connectivity index (χ0v) is 22.3. The number of rotatable bonds is 5. The van der Waals surface area contributed by atoms with E-state index < -0.39 is 8.24 Å². The van der Waals surface area contributed by atoms with Gasteiger partial charge in [-0.1, -0.05) is 99.0 Å². The largest absolute Gasteiger partial charge is 0.497 e. The van der Waals surface area contributed by atoms with E-state index in [9.17, 15) is 0 Å². The molecule has 0 aromatic heterocycles. The van der Waals surface area contributed by atoms with Gasteiger partial charge in [0, 0.05) is 6.04 Å². The molecule has 0 bridgehead atoms. The Bertz CT molecular complexity index is 1110. The highest BCUT2D eigenvalue weighted by Gasteiger charge is 2.59. The molecule has 5 unspecified atom stereocenters. The Kier molecular flexibility index (Phi) is 5.87. The van der Waals surface area contributed by atoms with Crippen LogP contribution in [-0.2, 0) is 0 Å². The highest BCUT2D eigenvalue weighted by atomic mass is 28.3. The molecule has 4 heteroatoms. The number of nitrogens with zero attached hydrogens (tertiary/aromatic N) is 1. The maximum absolute atomic E-state index is 5.41. The average molecular weight is 483 g/mol. The maximum atomic E-state index is 5.41. The monoisotopic (exact) mass is 482 g/mol. The van der Waals surface area contributed by atoms with Gasteiger partial charge < -0.3 is 9.30 Å². The lowest BCUT2D eigenvalue weighted by Gasteiger charge is -2.48. The molecule has 6 rings (SSSR count). The van der Waals surface area contributed by atoms with Crippen LogP contribution in [0, 0.1) is 23.7 Å². The van der Waals surface area contributed by atoms with Crippen molar-refractivity contribution in [1.29, 1.82) is 0 Å². The third-order valence-corrected chi connectivity index (χ3v) is 13.6. The van der Waals surface area contributed by atoms with E-state index in [1.165, 1.54) is 11.1 Å². The number of ether oxygens (including phenoxy) is 1. The number of hydrogen-bond acceptors (Lipinski definition) is 3. The van der Waals surface area contributed by atoms with Crippen LogP contribution in [0.5, 0.6) is 5.75 Å². The Morgan fingerprint density at radius 1 is 0.829 bits per heavy atom. The van der Waals surface area contributed by atoms with Crippen molar-refractivity contribution in [2.45, 2.75) is 50.2 Å². The summed E-state index contributed by atoms with van der Waals surface area (Å²) in [6.07, 6.45) is 27.8. The highest BCUT2D eigenvalue weighted by molar-refractivity contribution is 6.76. The van der Waals surface area contributed by atoms with Gasteiger partial charge in [0.25, 0.3) is 0 Å². The Labute approximate surface area is 211 Å². The maximum Gasteiger partial charge on any atom is 0.129 e. The predicted octanol–water partition coefficient (Wildman–Crippen LogP) is 6.33. The number of nitrogens with one attached hydrogen (secondary N) is 1. The van der Waals surface area contributed by atoms with Gasteiger partial charge in [-0.05, 0) is 58.9 Å². The lowest BCUT2D eigenvalue weighted by molar-refractivity contribution is 0.312. The molecule has 35 heavy (non-hydrogen) atoms. The van der Waals surface area contributed by atoms with Gasteiger partial charge in [-0.2, -0.15) is 0 Å². The number of methoxy groups -OCH3 is 1. The third kappa shape index (κ3) is 3.61. The lowest BCUT2D eigenvalue weighted by atomic mass is 9.83. The standard InChI is InChI=1S/C31H38N2OSi/c1-5-29-32-30-23(21-17-19-22(34-2)20-18-21)15-10-16-28(30)33(29)35(3,4)31-26-13-8-6-11-24(26)25-12-7-9-14-27(25)31/h6-20,24-32H,5H2,1-4H3/t24?,25?,26?,27?,28-,29-,30?,31?/m1/s1. The molecular formula is C31H38N2OSi. The lowest BCUT2D eigenvalue weighted by Crippen LogP contribution is -2.60. The van der Waals surface area contributed by atoms with Crippen LogP contribution in [0.4, 0.5) is 0 Å². The summed E-state index contributed by atoms with van der Waals surface area (Å²) < 4.78 is 8.38. The zero-order chi connectivity index (χ0) is 24.2. The summed E-state index contributed by atoms with van der Waals surface area (Å²) in [5, 5.41) is 4.09. The molecule has 2 fully saturated rings. The van der Waals surface area contributed by atoms with E-state index in [2.05, 4.69) is 121 Å². The van der Waals surface area contributed by atoms with Crippen LogP contribution < -0.4 is 10.1 Å². The molecule has 3 nitrogen and oxygen atoms in total. The molecule has 1 heterocycles. The smallest absolute Gasteiger partial charge is 0.129 e. The second kappa shape index (κ2) is 8.92. The fourth-order valence-electron chi connectivity index (χ4n) is 7.91. The molecule has 5 aliphatic rings. The van der Waals surface area contributed by atoms with E-state index in [4.69, 9.17) is 4.74 Å². The van der Waals surface area contributed by atoms with Crippen LogP contribution in [0.3, 0.4) is 0 Å². The summed E-state index contributed by atoms with van der Waals surface area (Å²) in [7, 11) is -0.158. The molecular weight excluding hydrogens is 444 g/mol. The van der Waals surface area contributed by atoms with Crippen LogP contribution in [0.25, 0.3) is 5.57 Å². The minimum absolute atomic E-state index is 0.321. The molecule has 7 atom stereocenters. The van der Waals surface area contributed by atoms with Crippen molar-refractivity contribution in [3.8, 4) is 5.75 Å². The molecule has 1 aromatic carbocycles. The second-order valence-corrected chi connectivity index (χ2v) is 15.7.